The summed E-state index contributed by atoms with van der Waals surface area (Å²) in [7, 11) is 0. The minimum absolute atomic E-state index is 0.208. The Kier molecular flexibility index (Phi) is 4.80. The highest BCUT2D eigenvalue weighted by Gasteiger charge is 2.24. The van der Waals surface area contributed by atoms with Gasteiger partial charge in [0.1, 0.15) is 0 Å². The van der Waals surface area contributed by atoms with Crippen molar-refractivity contribution in [2.75, 3.05) is 11.9 Å². The van der Waals surface area contributed by atoms with Gasteiger partial charge in [-0.1, -0.05) is 25.5 Å². The molecular formula is C15H23N3O. The Bertz CT molecular complexity index is 428. The molecule has 0 spiro atoms. The SMILES string of the molecule is CCc1ccc(NC(N)=NCC2CCCC2O)cc1. The first-order valence-electron chi connectivity index (χ1n) is 7.03. The molecule has 0 heterocycles. The molecule has 1 fully saturated rings. The Labute approximate surface area is 114 Å². The van der Waals surface area contributed by atoms with E-state index in [1.807, 2.05) is 12.1 Å². The Morgan fingerprint density at radius 3 is 2.68 bits per heavy atom. The number of aliphatic hydroxyl groups is 1. The topological polar surface area (TPSA) is 70.6 Å². The number of nitrogens with two attached hydrogens (primary N) is 1. The largest absolute Gasteiger partial charge is 0.393 e. The van der Waals surface area contributed by atoms with Crippen molar-refractivity contribution in [2.45, 2.75) is 38.7 Å². The molecule has 1 aliphatic carbocycles. The van der Waals surface area contributed by atoms with E-state index in [-0.39, 0.29) is 12.0 Å². The molecule has 2 rings (SSSR count). The molecule has 4 N–H and O–H groups in total. The van der Waals surface area contributed by atoms with Gasteiger partial charge in [-0.05, 0) is 37.0 Å². The van der Waals surface area contributed by atoms with Crippen molar-refractivity contribution in [1.82, 2.24) is 0 Å². The van der Waals surface area contributed by atoms with Gasteiger partial charge in [0.2, 0.25) is 0 Å². The van der Waals surface area contributed by atoms with E-state index in [9.17, 15) is 5.11 Å². The zero-order valence-corrected chi connectivity index (χ0v) is 11.5. The van der Waals surface area contributed by atoms with Gasteiger partial charge in [-0.2, -0.15) is 0 Å². The predicted octanol–water partition coefficient (Wildman–Crippen LogP) is 2.14. The highest BCUT2D eigenvalue weighted by atomic mass is 16.3. The number of nitrogens with one attached hydrogen (secondary N) is 1. The van der Waals surface area contributed by atoms with Gasteiger partial charge in [-0.3, -0.25) is 4.99 Å². The number of nitrogens with zero attached hydrogens (tertiary/aromatic N) is 1. The van der Waals surface area contributed by atoms with Crippen LogP contribution >= 0.6 is 0 Å². The number of benzene rings is 1. The van der Waals surface area contributed by atoms with Crippen LogP contribution in [-0.2, 0) is 6.42 Å². The molecule has 104 valence electrons. The maximum absolute atomic E-state index is 9.72. The van der Waals surface area contributed by atoms with Gasteiger partial charge in [-0.25, -0.2) is 0 Å². The third kappa shape index (κ3) is 3.96. The lowest BCUT2D eigenvalue weighted by Gasteiger charge is -2.12. The van der Waals surface area contributed by atoms with Crippen LogP contribution in [0.3, 0.4) is 0 Å². The summed E-state index contributed by atoms with van der Waals surface area (Å²) in [5.74, 6) is 0.686. The fraction of sp³-hybridized carbons (Fsp3) is 0.533. The van der Waals surface area contributed by atoms with Crippen LogP contribution in [0, 0.1) is 5.92 Å². The maximum atomic E-state index is 9.72. The fourth-order valence-electron chi connectivity index (χ4n) is 2.46. The summed E-state index contributed by atoms with van der Waals surface area (Å²) in [5.41, 5.74) is 8.11. The van der Waals surface area contributed by atoms with Crippen molar-refractivity contribution in [2.24, 2.45) is 16.6 Å². The van der Waals surface area contributed by atoms with Gasteiger partial charge in [0.15, 0.2) is 5.96 Å². The van der Waals surface area contributed by atoms with Crippen LogP contribution in [0.4, 0.5) is 5.69 Å². The van der Waals surface area contributed by atoms with Gasteiger partial charge in [0.05, 0.1) is 6.10 Å². The Morgan fingerprint density at radius 2 is 2.11 bits per heavy atom. The van der Waals surface area contributed by atoms with Crippen molar-refractivity contribution < 1.29 is 5.11 Å². The summed E-state index contributed by atoms with van der Waals surface area (Å²) in [6.07, 6.45) is 3.85. The summed E-state index contributed by atoms with van der Waals surface area (Å²) in [6.45, 7) is 2.73. The smallest absolute Gasteiger partial charge is 0.193 e. The molecule has 0 amide bonds. The monoisotopic (exact) mass is 261 g/mol. The highest BCUT2D eigenvalue weighted by Crippen LogP contribution is 2.25. The van der Waals surface area contributed by atoms with E-state index in [2.05, 4.69) is 29.4 Å². The number of aliphatic imine (C=N–C) groups is 1. The third-order valence-electron chi connectivity index (χ3n) is 3.75. The standard InChI is InChI=1S/C15H23N3O/c1-2-11-6-8-13(9-7-11)18-15(16)17-10-12-4-3-5-14(12)19/h6-9,12,14,19H,2-5,10H2,1H3,(H3,16,17,18). The quantitative estimate of drug-likeness (QED) is 0.574. The molecule has 1 aromatic carbocycles. The molecule has 2 unspecified atom stereocenters. The van der Waals surface area contributed by atoms with Crippen LogP contribution < -0.4 is 11.1 Å². The Balaban J connectivity index is 1.86. The van der Waals surface area contributed by atoms with Gasteiger partial charge in [0, 0.05) is 18.2 Å². The number of anilines is 1. The lowest BCUT2D eigenvalue weighted by molar-refractivity contribution is 0.137. The third-order valence-corrected chi connectivity index (χ3v) is 3.75. The molecule has 1 saturated carbocycles. The van der Waals surface area contributed by atoms with Crippen LogP contribution in [0.25, 0.3) is 0 Å². The van der Waals surface area contributed by atoms with Crippen LogP contribution in [-0.4, -0.2) is 23.7 Å². The predicted molar refractivity (Wildman–Crippen MR) is 79.3 cm³/mol. The zero-order valence-electron chi connectivity index (χ0n) is 11.5. The number of guanidine groups is 1. The summed E-state index contributed by atoms with van der Waals surface area (Å²) in [5, 5.41) is 12.8. The second-order valence-electron chi connectivity index (χ2n) is 5.16. The molecular weight excluding hydrogens is 238 g/mol. The number of hydrogen-bond acceptors (Lipinski definition) is 2. The van der Waals surface area contributed by atoms with Gasteiger partial charge >= 0.3 is 0 Å². The fourth-order valence-corrected chi connectivity index (χ4v) is 2.46. The van der Waals surface area contributed by atoms with Crippen LogP contribution in [0.2, 0.25) is 0 Å². The molecule has 4 nitrogen and oxygen atoms in total. The van der Waals surface area contributed by atoms with E-state index in [0.717, 1.165) is 31.4 Å². The van der Waals surface area contributed by atoms with Crippen molar-refractivity contribution in [3.63, 3.8) is 0 Å². The van der Waals surface area contributed by atoms with E-state index in [0.29, 0.717) is 12.5 Å². The second kappa shape index (κ2) is 6.57. The minimum Gasteiger partial charge on any atom is -0.393 e. The normalized spacial score (nSPS) is 23.6. The highest BCUT2D eigenvalue weighted by molar-refractivity contribution is 5.92. The summed E-state index contributed by atoms with van der Waals surface area (Å²) in [4.78, 5) is 4.32. The van der Waals surface area contributed by atoms with E-state index in [1.54, 1.807) is 0 Å². The van der Waals surface area contributed by atoms with Crippen molar-refractivity contribution in [1.29, 1.82) is 0 Å². The van der Waals surface area contributed by atoms with Gasteiger partial charge in [0.25, 0.3) is 0 Å². The van der Waals surface area contributed by atoms with Gasteiger partial charge in [-0.15, -0.1) is 0 Å². The molecule has 2 atom stereocenters. The first kappa shape index (κ1) is 13.9. The molecule has 0 aliphatic heterocycles. The van der Waals surface area contributed by atoms with E-state index < -0.39 is 0 Å². The number of aliphatic hydroxyl groups excluding tert-OH is 1. The maximum Gasteiger partial charge on any atom is 0.193 e. The van der Waals surface area contributed by atoms with Gasteiger partial charge < -0.3 is 16.2 Å². The lowest BCUT2D eigenvalue weighted by atomic mass is 10.1. The van der Waals surface area contributed by atoms with E-state index in [4.69, 9.17) is 5.73 Å². The molecule has 0 bridgehead atoms. The molecule has 0 radical (unpaired) electrons. The van der Waals surface area contributed by atoms with E-state index in [1.165, 1.54) is 5.56 Å². The second-order valence-corrected chi connectivity index (χ2v) is 5.16. The Hall–Kier alpha value is -1.55. The first-order chi connectivity index (χ1) is 9.19. The summed E-state index contributed by atoms with van der Waals surface area (Å²) < 4.78 is 0. The summed E-state index contributed by atoms with van der Waals surface area (Å²) in [6, 6.07) is 8.17. The molecule has 4 heteroatoms. The van der Waals surface area contributed by atoms with Crippen LogP contribution in [0.15, 0.2) is 29.3 Å². The number of rotatable bonds is 4. The molecule has 1 aliphatic rings. The molecule has 0 aromatic heterocycles. The van der Waals surface area contributed by atoms with Crippen molar-refractivity contribution in [3.8, 4) is 0 Å². The number of hydrogen-bond donors (Lipinski definition) is 3. The van der Waals surface area contributed by atoms with Crippen LogP contribution in [0.5, 0.6) is 0 Å². The average Bonchev–Trinajstić information content (AvgIpc) is 2.83. The Morgan fingerprint density at radius 1 is 1.37 bits per heavy atom. The molecule has 19 heavy (non-hydrogen) atoms. The van der Waals surface area contributed by atoms with Crippen molar-refractivity contribution in [3.05, 3.63) is 29.8 Å². The minimum atomic E-state index is -0.208. The van der Waals surface area contributed by atoms with E-state index >= 15 is 0 Å². The summed E-state index contributed by atoms with van der Waals surface area (Å²) >= 11 is 0. The number of aryl methyl sites for hydroxylation is 1. The first-order valence-corrected chi connectivity index (χ1v) is 7.03. The van der Waals surface area contributed by atoms with Crippen molar-refractivity contribution >= 4 is 11.6 Å². The lowest BCUT2D eigenvalue weighted by Crippen LogP contribution is -2.25. The molecule has 1 aromatic rings. The van der Waals surface area contributed by atoms with Crippen LogP contribution in [0.1, 0.15) is 31.7 Å². The zero-order chi connectivity index (χ0) is 13.7. The average molecular weight is 261 g/mol. The molecule has 0 saturated heterocycles.